The van der Waals surface area contributed by atoms with Gasteiger partial charge in [0.2, 0.25) is 5.91 Å². The fourth-order valence-electron chi connectivity index (χ4n) is 10.1. The number of nitrogens with zero attached hydrogens (tertiary/aromatic N) is 3. The second-order valence-corrected chi connectivity index (χ2v) is 17.7. The van der Waals surface area contributed by atoms with Gasteiger partial charge in [0, 0.05) is 32.0 Å². The molecule has 320 valence electrons. The van der Waals surface area contributed by atoms with Gasteiger partial charge in [-0.15, -0.1) is 0 Å². The molecule has 0 aliphatic carbocycles. The Hall–Kier alpha value is -2.21. The summed E-state index contributed by atoms with van der Waals surface area (Å²) in [5.74, 6) is 0.626. The van der Waals surface area contributed by atoms with Gasteiger partial charge in [0.05, 0.1) is 24.9 Å². The number of hydrogen-bond acceptors (Lipinski definition) is 10. The van der Waals surface area contributed by atoms with Gasteiger partial charge in [-0.2, -0.15) is 0 Å². The van der Waals surface area contributed by atoms with Crippen LogP contribution in [-0.2, 0) is 23.8 Å². The van der Waals surface area contributed by atoms with E-state index in [1.807, 2.05) is 4.90 Å². The van der Waals surface area contributed by atoms with E-state index in [2.05, 4.69) is 36.2 Å². The fraction of sp³-hybridized carbons (Fsp3) is 0.889. The van der Waals surface area contributed by atoms with Gasteiger partial charge in [0.1, 0.15) is 11.6 Å². The Morgan fingerprint density at radius 1 is 0.875 bits per heavy atom. The molecule has 11 heteroatoms. The summed E-state index contributed by atoms with van der Waals surface area (Å²) in [5, 5.41) is 3.80. The van der Waals surface area contributed by atoms with Gasteiger partial charge in [-0.1, -0.05) is 89.7 Å². The minimum absolute atomic E-state index is 0.0385. The van der Waals surface area contributed by atoms with E-state index in [0.717, 1.165) is 122 Å². The lowest BCUT2D eigenvalue weighted by Crippen LogP contribution is -2.71. The first kappa shape index (κ1) is 44.9. The number of amides is 1. The lowest BCUT2D eigenvalue weighted by atomic mass is 9.80. The van der Waals surface area contributed by atoms with Crippen molar-refractivity contribution in [3.8, 4) is 0 Å². The zero-order valence-electron chi connectivity index (χ0n) is 35.5. The lowest BCUT2D eigenvalue weighted by Gasteiger charge is -2.55. The number of allylic oxidation sites excluding steroid dienone is 1. The molecular formula is C45H80N6O5. The van der Waals surface area contributed by atoms with Crippen LogP contribution in [-0.4, -0.2) is 96.2 Å². The van der Waals surface area contributed by atoms with Crippen LogP contribution in [0.2, 0.25) is 0 Å². The van der Waals surface area contributed by atoms with E-state index in [1.165, 1.54) is 57.8 Å². The van der Waals surface area contributed by atoms with Crippen LogP contribution < -0.4 is 16.8 Å². The maximum absolute atomic E-state index is 14.0. The number of unbranched alkanes of at least 4 members (excludes halogenated alkanes) is 13. The predicted octanol–water partition coefficient (Wildman–Crippen LogP) is 7.85. The molecule has 0 aromatic rings. The van der Waals surface area contributed by atoms with Crippen LogP contribution in [0.1, 0.15) is 181 Å². The average molecular weight is 785 g/mol. The van der Waals surface area contributed by atoms with Gasteiger partial charge in [-0.25, -0.2) is 4.99 Å². The topological polar surface area (TPSA) is 145 Å². The zero-order valence-corrected chi connectivity index (χ0v) is 35.5. The molecule has 0 saturated carbocycles. The molecule has 7 unspecified atom stereocenters. The van der Waals surface area contributed by atoms with Crippen LogP contribution >= 0.6 is 0 Å². The number of hydrogen-bond donors (Lipinski definition) is 3. The Bertz CT molecular complexity index is 1250. The maximum Gasteiger partial charge on any atom is 0.316 e. The van der Waals surface area contributed by atoms with E-state index in [1.54, 1.807) is 0 Å². The summed E-state index contributed by atoms with van der Waals surface area (Å²) >= 11 is 0. The summed E-state index contributed by atoms with van der Waals surface area (Å²) < 4.78 is 19.6. The fourth-order valence-corrected chi connectivity index (χ4v) is 10.1. The van der Waals surface area contributed by atoms with E-state index in [-0.39, 0.29) is 30.1 Å². The molecule has 5 heterocycles. The summed E-state index contributed by atoms with van der Waals surface area (Å²) in [7, 11) is 0. The zero-order chi connectivity index (χ0) is 39.6. The number of esters is 1. The quantitative estimate of drug-likeness (QED) is 0.0479. The SMILES string of the molecule is CCC1C=CCCC2(CC3CCC4C(C(=O)OCCCCCCCCCCCCCCCC(=O)N(CCCN)CCCCN)C5(CCCC(C)O5)N=C(N2)N34)O1. The number of aliphatic imine (C=N–C) groups is 1. The largest absolute Gasteiger partial charge is 0.465 e. The van der Waals surface area contributed by atoms with Crippen LogP contribution in [0.25, 0.3) is 0 Å². The third-order valence-corrected chi connectivity index (χ3v) is 13.2. The van der Waals surface area contributed by atoms with Crippen molar-refractivity contribution < 1.29 is 23.8 Å². The van der Waals surface area contributed by atoms with Gasteiger partial charge >= 0.3 is 5.97 Å². The Kier molecular flexibility index (Phi) is 18.8. The Morgan fingerprint density at radius 2 is 1.55 bits per heavy atom. The summed E-state index contributed by atoms with van der Waals surface area (Å²) in [5.41, 5.74) is 9.99. The Morgan fingerprint density at radius 3 is 2.23 bits per heavy atom. The van der Waals surface area contributed by atoms with Gasteiger partial charge in [-0.05, 0) is 103 Å². The number of rotatable bonds is 25. The first-order valence-corrected chi connectivity index (χ1v) is 23.4. The van der Waals surface area contributed by atoms with Crippen molar-refractivity contribution in [3.05, 3.63) is 12.2 Å². The normalized spacial score (nSPS) is 29.5. The summed E-state index contributed by atoms with van der Waals surface area (Å²) in [6.07, 6.45) is 32.2. The number of nitrogens with one attached hydrogen (secondary N) is 1. The van der Waals surface area contributed by atoms with Crippen LogP contribution in [0.3, 0.4) is 0 Å². The maximum atomic E-state index is 14.0. The van der Waals surface area contributed by atoms with E-state index in [0.29, 0.717) is 32.2 Å². The molecule has 1 amide bonds. The van der Waals surface area contributed by atoms with Gasteiger partial charge in [0.15, 0.2) is 11.7 Å². The highest BCUT2D eigenvalue weighted by molar-refractivity contribution is 5.87. The van der Waals surface area contributed by atoms with Crippen LogP contribution in [0.15, 0.2) is 17.1 Å². The molecule has 5 aliphatic rings. The van der Waals surface area contributed by atoms with Crippen LogP contribution in [0.4, 0.5) is 0 Å². The monoisotopic (exact) mass is 785 g/mol. The van der Waals surface area contributed by atoms with Crippen molar-refractivity contribution in [3.63, 3.8) is 0 Å². The molecule has 7 atom stereocenters. The Balaban J connectivity index is 0.945. The molecule has 3 fully saturated rings. The third-order valence-electron chi connectivity index (χ3n) is 13.2. The van der Waals surface area contributed by atoms with Crippen molar-refractivity contribution in [2.24, 2.45) is 22.4 Å². The van der Waals surface area contributed by atoms with Gasteiger partial charge in [0.25, 0.3) is 0 Å². The Labute approximate surface area is 339 Å². The molecule has 5 aliphatic heterocycles. The second-order valence-electron chi connectivity index (χ2n) is 17.7. The average Bonchev–Trinajstić information content (AvgIpc) is 3.49. The lowest BCUT2D eigenvalue weighted by molar-refractivity contribution is -0.194. The predicted molar refractivity (Wildman–Crippen MR) is 225 cm³/mol. The molecular weight excluding hydrogens is 705 g/mol. The molecule has 0 bridgehead atoms. The highest BCUT2D eigenvalue weighted by atomic mass is 16.6. The number of guanidine groups is 1. The number of carbonyl (C=O) groups is 2. The highest BCUT2D eigenvalue weighted by Gasteiger charge is 2.62. The number of nitrogens with two attached hydrogens (primary N) is 2. The van der Waals surface area contributed by atoms with Crippen molar-refractivity contribution in [2.45, 2.75) is 217 Å². The summed E-state index contributed by atoms with van der Waals surface area (Å²) in [6.45, 7) is 7.68. The minimum atomic E-state index is -0.878. The summed E-state index contributed by atoms with van der Waals surface area (Å²) in [6, 6.07) is 0.342. The molecule has 5 N–H and O–H groups in total. The van der Waals surface area contributed by atoms with Crippen molar-refractivity contribution in [1.82, 2.24) is 15.1 Å². The van der Waals surface area contributed by atoms with Crippen molar-refractivity contribution >= 4 is 17.8 Å². The molecule has 0 radical (unpaired) electrons. The van der Waals surface area contributed by atoms with E-state index in [4.69, 9.17) is 30.7 Å². The van der Waals surface area contributed by atoms with Crippen LogP contribution in [0.5, 0.6) is 0 Å². The molecule has 3 saturated heterocycles. The highest BCUT2D eigenvalue weighted by Crippen LogP contribution is 2.50. The molecule has 56 heavy (non-hydrogen) atoms. The van der Waals surface area contributed by atoms with Crippen LogP contribution in [0, 0.1) is 5.92 Å². The minimum Gasteiger partial charge on any atom is -0.465 e. The second kappa shape index (κ2) is 23.4. The number of carbonyl (C=O) groups excluding carboxylic acids is 2. The first-order valence-electron chi connectivity index (χ1n) is 23.4. The van der Waals surface area contributed by atoms with Gasteiger partial charge in [-0.3, -0.25) is 9.59 Å². The smallest absolute Gasteiger partial charge is 0.316 e. The number of ether oxygens (including phenoxy) is 3. The third kappa shape index (κ3) is 12.6. The van der Waals surface area contributed by atoms with Crippen molar-refractivity contribution in [2.75, 3.05) is 32.8 Å². The first-order chi connectivity index (χ1) is 27.3. The van der Waals surface area contributed by atoms with E-state index in [9.17, 15) is 9.59 Å². The molecule has 11 nitrogen and oxygen atoms in total. The van der Waals surface area contributed by atoms with E-state index < -0.39 is 17.4 Å². The molecule has 2 spiro atoms. The van der Waals surface area contributed by atoms with E-state index >= 15 is 0 Å². The molecule has 0 aromatic carbocycles. The molecule has 0 aromatic heterocycles. The standard InChI is InChI=1S/C45H80N6O5/c1-3-38-24-16-17-28-44(56-38)35-37-26-27-39-41(45(29-21-23-36(2)55-45)49-43(48-44)51(37)39)42(53)54-34-20-14-12-10-8-6-4-5-7-9-11-13-15-25-40(52)50(33-22-31-47)32-19-18-30-46/h16,24,36-39,41H,3-15,17-23,25-35,46-47H2,1-2H3,(H,48,49). The van der Waals surface area contributed by atoms with Crippen molar-refractivity contribution in [1.29, 1.82) is 0 Å². The summed E-state index contributed by atoms with van der Waals surface area (Å²) in [4.78, 5) is 36.5. The van der Waals surface area contributed by atoms with Gasteiger partial charge < -0.3 is 40.8 Å². The molecule has 5 rings (SSSR count).